The fourth-order valence-electron chi connectivity index (χ4n) is 3.33. The molecule has 0 saturated carbocycles. The first-order valence-corrected chi connectivity index (χ1v) is 9.74. The molecule has 0 aromatic heterocycles. The van der Waals surface area contributed by atoms with Crippen LogP contribution in [0.3, 0.4) is 0 Å². The molecule has 2 aliphatic rings. The molecule has 0 spiro atoms. The van der Waals surface area contributed by atoms with Gasteiger partial charge < -0.3 is 15.8 Å². The first kappa shape index (κ1) is 21.0. The van der Waals surface area contributed by atoms with Gasteiger partial charge in [0.05, 0.1) is 7.11 Å². The number of ether oxygens (including phenoxy) is 1. The van der Waals surface area contributed by atoms with E-state index in [9.17, 15) is 9.59 Å². The number of hydrogen-bond donors (Lipinski definition) is 2. The van der Waals surface area contributed by atoms with Crippen LogP contribution in [0.15, 0.2) is 82.2 Å². The van der Waals surface area contributed by atoms with E-state index in [-0.39, 0.29) is 11.6 Å². The van der Waals surface area contributed by atoms with Crippen molar-refractivity contribution in [2.45, 2.75) is 26.7 Å². The number of hydrogen-bond acceptors (Lipinski definition) is 5. The van der Waals surface area contributed by atoms with Gasteiger partial charge in [-0.3, -0.25) is 4.79 Å². The topological polar surface area (TPSA) is 93.8 Å². The molecule has 0 atom stereocenters. The fourth-order valence-corrected chi connectivity index (χ4v) is 3.33. The lowest BCUT2D eigenvalue weighted by atomic mass is 9.90. The minimum Gasteiger partial charge on any atom is -0.464 e. The molecule has 0 fully saturated rings. The van der Waals surface area contributed by atoms with Crippen molar-refractivity contribution in [3.63, 3.8) is 0 Å². The predicted molar refractivity (Wildman–Crippen MR) is 119 cm³/mol. The summed E-state index contributed by atoms with van der Waals surface area (Å²) in [6, 6.07) is 7.54. The van der Waals surface area contributed by atoms with E-state index in [1.54, 1.807) is 6.08 Å². The van der Waals surface area contributed by atoms with Gasteiger partial charge in [0.15, 0.2) is 5.71 Å². The van der Waals surface area contributed by atoms with E-state index < -0.39 is 5.97 Å². The first-order chi connectivity index (χ1) is 14.5. The van der Waals surface area contributed by atoms with Gasteiger partial charge in [0.1, 0.15) is 5.82 Å². The van der Waals surface area contributed by atoms with Crippen LogP contribution in [0.25, 0.3) is 5.57 Å². The van der Waals surface area contributed by atoms with Crippen molar-refractivity contribution in [2.75, 3.05) is 12.8 Å². The van der Waals surface area contributed by atoms with Crippen molar-refractivity contribution >= 4 is 28.8 Å². The molecule has 1 heterocycles. The second kappa shape index (κ2) is 9.22. The van der Waals surface area contributed by atoms with Gasteiger partial charge >= 0.3 is 5.97 Å². The predicted octanol–water partition coefficient (Wildman–Crippen LogP) is 3.85. The SMILES string of the molecule is CC=C1CC=C(c2ccc(N)cc2)C=C1C(=O)NC1=CCC(=CC)C(C(=O)OC)=N1. The quantitative estimate of drug-likeness (QED) is 0.590. The molecule has 1 aromatic rings. The van der Waals surface area contributed by atoms with Crippen molar-refractivity contribution in [3.8, 4) is 0 Å². The lowest BCUT2D eigenvalue weighted by Gasteiger charge is -2.19. The number of esters is 1. The zero-order valence-electron chi connectivity index (χ0n) is 17.4. The normalized spacial score (nSPS) is 18.9. The summed E-state index contributed by atoms with van der Waals surface area (Å²) in [6.45, 7) is 3.74. The van der Waals surface area contributed by atoms with Crippen molar-refractivity contribution in [3.05, 3.63) is 82.7 Å². The third-order valence-corrected chi connectivity index (χ3v) is 5.05. The Morgan fingerprint density at radius 1 is 1.07 bits per heavy atom. The molecule has 3 N–H and O–H groups in total. The number of carbonyl (C=O) groups excluding carboxylic acids is 2. The maximum absolute atomic E-state index is 13.1. The molecule has 1 aromatic carbocycles. The Hall–Kier alpha value is -3.67. The van der Waals surface area contributed by atoms with E-state index in [1.165, 1.54) is 7.11 Å². The summed E-state index contributed by atoms with van der Waals surface area (Å²) in [4.78, 5) is 29.4. The molecular formula is C24H25N3O3. The molecule has 0 saturated heterocycles. The minimum atomic E-state index is -0.525. The molecule has 3 rings (SSSR count). The van der Waals surface area contributed by atoms with Crippen LogP contribution < -0.4 is 11.1 Å². The number of anilines is 1. The van der Waals surface area contributed by atoms with Gasteiger partial charge in [0, 0.05) is 11.3 Å². The van der Waals surface area contributed by atoms with Gasteiger partial charge in [-0.25, -0.2) is 9.79 Å². The molecule has 6 heteroatoms. The fraction of sp³-hybridized carbons (Fsp3) is 0.208. The maximum atomic E-state index is 13.1. The molecule has 30 heavy (non-hydrogen) atoms. The Labute approximate surface area is 176 Å². The highest BCUT2D eigenvalue weighted by Crippen LogP contribution is 2.30. The number of benzene rings is 1. The number of methoxy groups -OCH3 is 1. The summed E-state index contributed by atoms with van der Waals surface area (Å²) in [7, 11) is 1.31. The van der Waals surface area contributed by atoms with E-state index in [2.05, 4.69) is 16.4 Å². The molecule has 0 radical (unpaired) electrons. The van der Waals surface area contributed by atoms with Crippen molar-refractivity contribution in [1.82, 2.24) is 5.32 Å². The van der Waals surface area contributed by atoms with Crippen LogP contribution in [0.2, 0.25) is 0 Å². The average Bonchev–Trinajstić information content (AvgIpc) is 2.78. The number of carbonyl (C=O) groups is 2. The number of aliphatic imine (C=N–C) groups is 1. The van der Waals surface area contributed by atoms with Crippen molar-refractivity contribution < 1.29 is 14.3 Å². The van der Waals surface area contributed by atoms with Crippen molar-refractivity contribution in [1.29, 1.82) is 0 Å². The first-order valence-electron chi connectivity index (χ1n) is 9.74. The minimum absolute atomic E-state index is 0.212. The monoisotopic (exact) mass is 403 g/mol. The molecule has 0 unspecified atom stereocenters. The summed E-state index contributed by atoms with van der Waals surface area (Å²) in [5.41, 5.74) is 10.9. The van der Waals surface area contributed by atoms with Gasteiger partial charge in [-0.2, -0.15) is 0 Å². The number of rotatable bonds is 4. The number of amides is 1. The highest BCUT2D eigenvalue weighted by Gasteiger charge is 2.23. The lowest BCUT2D eigenvalue weighted by molar-refractivity contribution is -0.132. The smallest absolute Gasteiger partial charge is 0.357 e. The van der Waals surface area contributed by atoms with E-state index in [1.807, 2.05) is 56.3 Å². The van der Waals surface area contributed by atoms with E-state index >= 15 is 0 Å². The lowest BCUT2D eigenvalue weighted by Crippen LogP contribution is -2.29. The van der Waals surface area contributed by atoms with Crippen LogP contribution in [0.5, 0.6) is 0 Å². The Bertz CT molecular complexity index is 1050. The highest BCUT2D eigenvalue weighted by molar-refractivity contribution is 6.43. The number of nitrogens with zero attached hydrogens (tertiary/aromatic N) is 1. The summed E-state index contributed by atoms with van der Waals surface area (Å²) >= 11 is 0. The Morgan fingerprint density at radius 3 is 2.37 bits per heavy atom. The third kappa shape index (κ3) is 4.49. The van der Waals surface area contributed by atoms with Crippen LogP contribution in [0, 0.1) is 0 Å². The standard InChI is InChI=1S/C24H25N3O3/c1-4-15-6-7-18(17-8-11-19(25)12-9-17)14-20(15)23(28)27-21-13-10-16(5-2)22(26-21)24(29)30-3/h4-5,7-9,11-14H,6,10,25H2,1-3H3,(H,27,28). The van der Waals surface area contributed by atoms with E-state index in [0.717, 1.165) is 22.3 Å². The van der Waals surface area contributed by atoms with Gasteiger partial charge in [-0.15, -0.1) is 0 Å². The molecule has 1 amide bonds. The zero-order valence-corrected chi connectivity index (χ0v) is 17.4. The number of allylic oxidation sites excluding steroid dienone is 6. The summed E-state index contributed by atoms with van der Waals surface area (Å²) in [5.74, 6) is -0.458. The van der Waals surface area contributed by atoms with Crippen LogP contribution >= 0.6 is 0 Å². The maximum Gasteiger partial charge on any atom is 0.357 e. The average molecular weight is 403 g/mol. The van der Waals surface area contributed by atoms with Gasteiger partial charge in [0.25, 0.3) is 5.91 Å². The Balaban J connectivity index is 1.86. The molecule has 154 valence electrons. The highest BCUT2D eigenvalue weighted by atomic mass is 16.5. The second-order valence-corrected chi connectivity index (χ2v) is 6.87. The van der Waals surface area contributed by atoms with Crippen LogP contribution in [0.4, 0.5) is 5.69 Å². The van der Waals surface area contributed by atoms with Gasteiger partial charge in [-0.1, -0.05) is 30.4 Å². The number of nitrogens with one attached hydrogen (secondary N) is 1. The number of nitrogens with two attached hydrogens (primary N) is 1. The molecule has 0 bridgehead atoms. The largest absolute Gasteiger partial charge is 0.464 e. The second-order valence-electron chi connectivity index (χ2n) is 6.87. The van der Waals surface area contributed by atoms with Crippen LogP contribution in [-0.2, 0) is 14.3 Å². The summed E-state index contributed by atoms with van der Waals surface area (Å²) in [5, 5.41) is 2.83. The number of nitrogen functional groups attached to an aromatic ring is 1. The van der Waals surface area contributed by atoms with Crippen LogP contribution in [0.1, 0.15) is 32.3 Å². The molecule has 1 aliphatic heterocycles. The summed E-state index contributed by atoms with van der Waals surface area (Å²) in [6.07, 6.45) is 10.6. The van der Waals surface area contributed by atoms with Crippen molar-refractivity contribution in [2.24, 2.45) is 4.99 Å². The van der Waals surface area contributed by atoms with E-state index in [4.69, 9.17) is 10.5 Å². The zero-order chi connectivity index (χ0) is 21.7. The molecule has 6 nitrogen and oxygen atoms in total. The van der Waals surface area contributed by atoms with E-state index in [0.29, 0.717) is 29.9 Å². The summed E-state index contributed by atoms with van der Waals surface area (Å²) < 4.78 is 4.81. The third-order valence-electron chi connectivity index (χ3n) is 5.05. The molecule has 1 aliphatic carbocycles. The van der Waals surface area contributed by atoms with Gasteiger partial charge in [-0.05, 0) is 73.3 Å². The Morgan fingerprint density at radius 2 is 1.73 bits per heavy atom. The van der Waals surface area contributed by atoms with Gasteiger partial charge in [0.2, 0.25) is 0 Å². The Kier molecular flexibility index (Phi) is 6.47. The molecular weight excluding hydrogens is 378 g/mol. The van der Waals surface area contributed by atoms with Crippen LogP contribution in [-0.4, -0.2) is 24.7 Å².